The number of hydrogen-bond donors (Lipinski definition) is 0. The normalized spacial score (nSPS) is 13.8. The molecule has 0 saturated carbocycles. The van der Waals surface area contributed by atoms with Crippen molar-refractivity contribution >= 4 is 75.1 Å². The summed E-state index contributed by atoms with van der Waals surface area (Å²) in [4.78, 5) is 0. The zero-order valence-corrected chi connectivity index (χ0v) is 27.5. The van der Waals surface area contributed by atoms with Crippen LogP contribution in [-0.2, 0) is 5.41 Å². The predicted octanol–water partition coefficient (Wildman–Crippen LogP) is 12.6. The lowest BCUT2D eigenvalue weighted by Crippen LogP contribution is -2.15. The van der Waals surface area contributed by atoms with Crippen LogP contribution < -0.4 is 0 Å². The van der Waals surface area contributed by atoms with Gasteiger partial charge in [-0.05, 0) is 64.7 Å². The van der Waals surface area contributed by atoms with E-state index in [-0.39, 0.29) is 5.41 Å². The second-order valence-electron chi connectivity index (χ2n) is 13.7. The molecule has 0 N–H and O–H groups in total. The lowest BCUT2D eigenvalue weighted by molar-refractivity contribution is 0.660. The molecule has 7 aromatic carbocycles. The van der Waals surface area contributed by atoms with E-state index in [9.17, 15) is 0 Å². The minimum atomic E-state index is -0.0852. The molecule has 0 bridgehead atoms. The summed E-state index contributed by atoms with van der Waals surface area (Å²) in [5.74, 6) is 0. The van der Waals surface area contributed by atoms with Gasteiger partial charge in [0.25, 0.3) is 0 Å². The van der Waals surface area contributed by atoms with Crippen LogP contribution in [0.1, 0.15) is 25.0 Å². The molecule has 0 atom stereocenters. The Morgan fingerprint density at radius 2 is 1.02 bits per heavy atom. The van der Waals surface area contributed by atoms with Crippen molar-refractivity contribution in [2.75, 3.05) is 0 Å². The van der Waals surface area contributed by atoms with E-state index in [1.165, 1.54) is 97.4 Å². The van der Waals surface area contributed by atoms with Crippen molar-refractivity contribution in [1.29, 1.82) is 0 Å². The van der Waals surface area contributed by atoms with E-state index >= 15 is 0 Å². The van der Waals surface area contributed by atoms with Crippen molar-refractivity contribution in [3.63, 3.8) is 0 Å². The average Bonchev–Trinajstić information content (AvgIpc) is 3.84. The molecule has 0 radical (unpaired) electrons. The van der Waals surface area contributed by atoms with E-state index < -0.39 is 0 Å². The molecular formula is C45H30N2S. The summed E-state index contributed by atoms with van der Waals surface area (Å²) >= 11 is 1.93. The zero-order valence-electron chi connectivity index (χ0n) is 26.7. The van der Waals surface area contributed by atoms with Crippen LogP contribution in [0.3, 0.4) is 0 Å². The van der Waals surface area contributed by atoms with Gasteiger partial charge in [-0.2, -0.15) is 0 Å². The third kappa shape index (κ3) is 3.22. The molecule has 11 rings (SSSR count). The van der Waals surface area contributed by atoms with Gasteiger partial charge in [-0.15, -0.1) is 11.3 Å². The Labute approximate surface area is 281 Å². The third-order valence-electron chi connectivity index (χ3n) is 10.9. The van der Waals surface area contributed by atoms with Crippen LogP contribution in [0.15, 0.2) is 146 Å². The fraction of sp³-hybridized carbons (Fsp3) is 0.0667. The first kappa shape index (κ1) is 26.4. The quantitative estimate of drug-likeness (QED) is 0.180. The number of hydrogen-bond acceptors (Lipinski definition) is 1. The molecule has 0 fully saturated rings. The van der Waals surface area contributed by atoms with E-state index in [0.29, 0.717) is 0 Å². The van der Waals surface area contributed by atoms with Crippen molar-refractivity contribution in [1.82, 2.24) is 9.13 Å². The second kappa shape index (κ2) is 9.25. The number of para-hydroxylation sites is 3. The first-order valence-corrected chi connectivity index (χ1v) is 17.5. The van der Waals surface area contributed by atoms with Crippen LogP contribution in [0.4, 0.5) is 0 Å². The van der Waals surface area contributed by atoms with Crippen LogP contribution >= 0.6 is 11.3 Å². The van der Waals surface area contributed by atoms with Crippen LogP contribution in [0.25, 0.3) is 86.3 Å². The molecule has 3 heteroatoms. The van der Waals surface area contributed by atoms with E-state index in [4.69, 9.17) is 0 Å². The van der Waals surface area contributed by atoms with E-state index in [0.717, 1.165) is 0 Å². The minimum Gasteiger partial charge on any atom is -0.308 e. The van der Waals surface area contributed by atoms with Crippen LogP contribution in [-0.4, -0.2) is 9.13 Å². The first-order valence-electron chi connectivity index (χ1n) is 16.7. The summed E-state index contributed by atoms with van der Waals surface area (Å²) in [7, 11) is 0. The number of fused-ring (bicyclic) bond motifs is 15. The van der Waals surface area contributed by atoms with Gasteiger partial charge in [-0.3, -0.25) is 0 Å². The molecule has 3 aromatic heterocycles. The van der Waals surface area contributed by atoms with Gasteiger partial charge in [0.2, 0.25) is 0 Å². The molecule has 10 aromatic rings. The number of thiophene rings is 1. The molecule has 2 nitrogen and oxygen atoms in total. The highest BCUT2D eigenvalue weighted by Gasteiger charge is 2.36. The Kier molecular flexibility index (Phi) is 5.09. The summed E-state index contributed by atoms with van der Waals surface area (Å²) in [5.41, 5.74) is 12.8. The average molecular weight is 631 g/mol. The minimum absolute atomic E-state index is 0.0852. The van der Waals surface area contributed by atoms with Gasteiger partial charge < -0.3 is 9.13 Å². The van der Waals surface area contributed by atoms with E-state index in [1.807, 2.05) is 11.3 Å². The summed E-state index contributed by atoms with van der Waals surface area (Å²) in [6.45, 7) is 4.75. The number of nitrogens with zero attached hydrogens (tertiary/aromatic N) is 2. The molecular weight excluding hydrogens is 601 g/mol. The van der Waals surface area contributed by atoms with E-state index in [1.54, 1.807) is 0 Å². The summed E-state index contributed by atoms with van der Waals surface area (Å²) < 4.78 is 7.75. The molecule has 0 amide bonds. The number of benzene rings is 7. The lowest BCUT2D eigenvalue weighted by Gasteiger charge is -2.22. The van der Waals surface area contributed by atoms with Crippen LogP contribution in [0.5, 0.6) is 0 Å². The van der Waals surface area contributed by atoms with Gasteiger partial charge in [0, 0.05) is 58.5 Å². The SMILES string of the molecule is CC1(C)c2ccccc2-c2ccc(-n3c4ccccc4c4c5c(c6ccccc6n5-c5ccccc5)c5sc6ccccc6c5c43)cc21. The van der Waals surface area contributed by atoms with Crippen molar-refractivity contribution < 1.29 is 0 Å². The van der Waals surface area contributed by atoms with E-state index in [2.05, 4.69) is 169 Å². The maximum atomic E-state index is 2.57. The topological polar surface area (TPSA) is 9.86 Å². The Balaban J connectivity index is 1.40. The first-order chi connectivity index (χ1) is 23.6. The van der Waals surface area contributed by atoms with Crippen molar-refractivity contribution in [2.45, 2.75) is 19.3 Å². The van der Waals surface area contributed by atoms with Gasteiger partial charge >= 0.3 is 0 Å². The van der Waals surface area contributed by atoms with Gasteiger partial charge in [0.1, 0.15) is 0 Å². The highest BCUT2D eigenvalue weighted by Crippen LogP contribution is 2.53. The predicted molar refractivity (Wildman–Crippen MR) is 206 cm³/mol. The molecule has 48 heavy (non-hydrogen) atoms. The maximum Gasteiger partial charge on any atom is 0.0656 e. The standard InChI is InChI=1S/C45H30N2S/c1-45(2)34-20-10-6-16-29(34)30-25-24-28(26-35(30)45)47-36-21-11-7-17-31(36)39-42-40(44-41(43(39)47)33-19-9-13-23-38(33)48-44)32-18-8-12-22-37(32)46(42)27-14-4-3-5-15-27/h3-26H,1-2H3. The molecule has 1 aliphatic rings. The van der Waals surface area contributed by atoms with Gasteiger partial charge in [-0.1, -0.05) is 117 Å². The van der Waals surface area contributed by atoms with Crippen LogP contribution in [0, 0.1) is 0 Å². The summed E-state index contributed by atoms with van der Waals surface area (Å²) in [6, 6.07) is 54.0. The van der Waals surface area contributed by atoms with Crippen LogP contribution in [0.2, 0.25) is 0 Å². The smallest absolute Gasteiger partial charge is 0.0656 e. The van der Waals surface area contributed by atoms with Crippen molar-refractivity contribution in [3.8, 4) is 22.5 Å². The third-order valence-corrected chi connectivity index (χ3v) is 12.1. The Bertz CT molecular complexity index is 2970. The molecule has 3 heterocycles. The monoisotopic (exact) mass is 630 g/mol. The highest BCUT2D eigenvalue weighted by molar-refractivity contribution is 7.27. The fourth-order valence-corrected chi connectivity index (χ4v) is 10.1. The molecule has 226 valence electrons. The van der Waals surface area contributed by atoms with Crippen molar-refractivity contribution in [2.24, 2.45) is 0 Å². The highest BCUT2D eigenvalue weighted by atomic mass is 32.1. The summed E-state index contributed by atoms with van der Waals surface area (Å²) in [6.07, 6.45) is 0. The second-order valence-corrected chi connectivity index (χ2v) is 14.7. The number of rotatable bonds is 2. The number of aromatic nitrogens is 2. The molecule has 0 saturated heterocycles. The van der Waals surface area contributed by atoms with Gasteiger partial charge in [-0.25, -0.2) is 0 Å². The summed E-state index contributed by atoms with van der Waals surface area (Å²) in [5, 5.41) is 7.87. The maximum absolute atomic E-state index is 2.57. The largest absolute Gasteiger partial charge is 0.308 e. The molecule has 1 aliphatic carbocycles. The Morgan fingerprint density at radius 3 is 1.79 bits per heavy atom. The molecule has 0 aliphatic heterocycles. The Hall–Kier alpha value is -5.64. The van der Waals surface area contributed by atoms with Gasteiger partial charge in [0.15, 0.2) is 0 Å². The van der Waals surface area contributed by atoms with Crippen molar-refractivity contribution in [3.05, 3.63) is 157 Å². The lowest BCUT2D eigenvalue weighted by atomic mass is 9.82. The van der Waals surface area contributed by atoms with Gasteiger partial charge in [0.05, 0.1) is 22.1 Å². The fourth-order valence-electron chi connectivity index (χ4n) is 8.82. The molecule has 0 spiro atoms. The Morgan fingerprint density at radius 1 is 0.458 bits per heavy atom. The molecule has 0 unspecified atom stereocenters. The zero-order chi connectivity index (χ0) is 31.7.